The molecule has 2 aliphatic heterocycles. The van der Waals surface area contributed by atoms with Gasteiger partial charge in [-0.2, -0.15) is 0 Å². The normalized spacial score (nSPS) is 24.6. The lowest BCUT2D eigenvalue weighted by Gasteiger charge is -2.44. The van der Waals surface area contributed by atoms with E-state index in [1.54, 1.807) is 18.2 Å². The number of hydrogen-bond acceptors (Lipinski definition) is 3. The lowest BCUT2D eigenvalue weighted by molar-refractivity contribution is -0.0130. The monoisotopic (exact) mass is 347 g/mol. The van der Waals surface area contributed by atoms with Crippen LogP contribution in [0.1, 0.15) is 61.7 Å². The Morgan fingerprint density at radius 3 is 2.67 bits per heavy atom. The summed E-state index contributed by atoms with van der Waals surface area (Å²) in [6.07, 6.45) is 9.39. The van der Waals surface area contributed by atoms with Crippen LogP contribution in [0.3, 0.4) is 0 Å². The number of carbonyl (C=O) groups is 1. The second-order valence-electron chi connectivity index (χ2n) is 7.83. The molecule has 0 bridgehead atoms. The highest BCUT2D eigenvalue weighted by atomic mass is 35.5. The van der Waals surface area contributed by atoms with Crippen LogP contribution in [0.4, 0.5) is 0 Å². The summed E-state index contributed by atoms with van der Waals surface area (Å²) in [7, 11) is 0. The maximum Gasteiger partial charge on any atom is 0.170 e. The number of likely N-dealkylation sites (tertiary alicyclic amines) is 1. The molecule has 0 N–H and O–H groups in total. The van der Waals surface area contributed by atoms with E-state index in [0.29, 0.717) is 22.8 Å². The molecule has 3 nitrogen and oxygen atoms in total. The summed E-state index contributed by atoms with van der Waals surface area (Å²) in [5.74, 6) is 1.76. The Hall–Kier alpha value is -1.06. The maximum atomic E-state index is 12.5. The van der Waals surface area contributed by atoms with E-state index in [-0.39, 0.29) is 11.4 Å². The summed E-state index contributed by atoms with van der Waals surface area (Å²) in [6.45, 7) is 3.31. The Balaban J connectivity index is 1.40. The number of halogens is 1. The van der Waals surface area contributed by atoms with Crippen molar-refractivity contribution in [1.82, 2.24) is 4.90 Å². The van der Waals surface area contributed by atoms with E-state index >= 15 is 0 Å². The maximum absolute atomic E-state index is 12.5. The van der Waals surface area contributed by atoms with Gasteiger partial charge in [0.1, 0.15) is 11.4 Å². The molecule has 0 amide bonds. The minimum absolute atomic E-state index is 0.202. The number of ketones is 1. The summed E-state index contributed by atoms with van der Waals surface area (Å²) >= 11 is 6.08. The van der Waals surface area contributed by atoms with Gasteiger partial charge in [-0.1, -0.05) is 30.9 Å². The summed E-state index contributed by atoms with van der Waals surface area (Å²) in [5, 5.41) is 0.633. The lowest BCUT2D eigenvalue weighted by atomic mass is 9.81. The highest BCUT2D eigenvalue weighted by Gasteiger charge is 2.43. The van der Waals surface area contributed by atoms with Crippen molar-refractivity contribution in [3.8, 4) is 5.75 Å². The van der Waals surface area contributed by atoms with Crippen LogP contribution < -0.4 is 4.74 Å². The Morgan fingerprint density at radius 2 is 1.92 bits per heavy atom. The summed E-state index contributed by atoms with van der Waals surface area (Å²) in [5.41, 5.74) is 0.382. The molecule has 0 atom stereocenters. The zero-order valence-electron chi connectivity index (χ0n) is 14.2. The Morgan fingerprint density at radius 1 is 1.17 bits per heavy atom. The fourth-order valence-corrected chi connectivity index (χ4v) is 4.79. The van der Waals surface area contributed by atoms with E-state index in [1.807, 2.05) is 0 Å². The molecule has 1 aliphatic carbocycles. The third-order valence-corrected chi connectivity index (χ3v) is 6.30. The van der Waals surface area contributed by atoms with Crippen molar-refractivity contribution in [1.29, 1.82) is 0 Å². The first kappa shape index (κ1) is 16.4. The fraction of sp³-hybridized carbons (Fsp3) is 0.650. The Labute approximate surface area is 149 Å². The molecule has 130 valence electrons. The fourth-order valence-electron chi connectivity index (χ4n) is 4.62. The molecular formula is C20H26ClNO2. The summed E-state index contributed by atoms with van der Waals surface area (Å²) in [4.78, 5) is 15.1. The van der Waals surface area contributed by atoms with Crippen LogP contribution in [0.25, 0.3) is 0 Å². The molecule has 24 heavy (non-hydrogen) atoms. The molecule has 1 aromatic rings. The molecule has 0 unspecified atom stereocenters. The quantitative estimate of drug-likeness (QED) is 0.775. The zero-order chi connectivity index (χ0) is 16.6. The van der Waals surface area contributed by atoms with E-state index in [9.17, 15) is 4.79 Å². The number of piperidine rings is 1. The summed E-state index contributed by atoms with van der Waals surface area (Å²) in [6, 6.07) is 5.36. The van der Waals surface area contributed by atoms with E-state index < -0.39 is 0 Å². The predicted octanol–water partition coefficient (Wildman–Crippen LogP) is 4.72. The van der Waals surface area contributed by atoms with Gasteiger partial charge in [-0.25, -0.2) is 0 Å². The average molecular weight is 348 g/mol. The number of nitrogens with zero attached hydrogens (tertiary/aromatic N) is 1. The standard InChI is InChI=1S/C20H26ClNO2/c21-16-6-7-17-18(23)13-20(24-19(17)12-16)8-10-22(11-9-20)14-15-4-2-1-3-5-15/h6-7,12,15H,1-5,8-11,13-14H2. The molecule has 4 heteroatoms. The average Bonchev–Trinajstić information content (AvgIpc) is 2.58. The Kier molecular flexibility index (Phi) is 4.57. The molecule has 0 radical (unpaired) electrons. The molecule has 2 heterocycles. The third kappa shape index (κ3) is 3.34. The molecule has 2 fully saturated rings. The number of hydrogen-bond donors (Lipinski definition) is 0. The molecule has 1 saturated heterocycles. The van der Waals surface area contributed by atoms with Gasteiger partial charge < -0.3 is 9.64 Å². The number of benzene rings is 1. The van der Waals surface area contributed by atoms with Gasteiger partial charge in [-0.3, -0.25) is 4.79 Å². The van der Waals surface area contributed by atoms with Crippen molar-refractivity contribution in [2.75, 3.05) is 19.6 Å². The molecule has 1 aromatic carbocycles. The SMILES string of the molecule is O=C1CC2(CCN(CC3CCCCC3)CC2)Oc2cc(Cl)ccc21. The van der Waals surface area contributed by atoms with Crippen LogP contribution in [0.5, 0.6) is 5.75 Å². The molecule has 3 aliphatic rings. The first-order valence-electron chi connectivity index (χ1n) is 9.38. The van der Waals surface area contributed by atoms with Gasteiger partial charge in [0.2, 0.25) is 0 Å². The minimum atomic E-state index is -0.308. The zero-order valence-corrected chi connectivity index (χ0v) is 15.0. The van der Waals surface area contributed by atoms with Crippen LogP contribution in [-0.2, 0) is 0 Å². The van der Waals surface area contributed by atoms with Gasteiger partial charge in [-0.15, -0.1) is 0 Å². The second-order valence-corrected chi connectivity index (χ2v) is 8.27. The smallest absolute Gasteiger partial charge is 0.170 e. The van der Waals surface area contributed by atoms with Gasteiger partial charge >= 0.3 is 0 Å². The van der Waals surface area contributed by atoms with Gasteiger partial charge in [0.05, 0.1) is 12.0 Å². The Bertz CT molecular complexity index is 616. The van der Waals surface area contributed by atoms with Crippen molar-refractivity contribution >= 4 is 17.4 Å². The van der Waals surface area contributed by atoms with Crippen molar-refractivity contribution < 1.29 is 9.53 Å². The molecule has 0 aromatic heterocycles. The number of ether oxygens (including phenoxy) is 1. The molecule has 1 saturated carbocycles. The number of fused-ring (bicyclic) bond motifs is 1. The number of carbonyl (C=O) groups excluding carboxylic acids is 1. The van der Waals surface area contributed by atoms with Gasteiger partial charge in [0.25, 0.3) is 0 Å². The minimum Gasteiger partial charge on any atom is -0.486 e. The summed E-state index contributed by atoms with van der Waals surface area (Å²) < 4.78 is 6.32. The topological polar surface area (TPSA) is 29.5 Å². The predicted molar refractivity (Wildman–Crippen MR) is 96.0 cm³/mol. The highest BCUT2D eigenvalue weighted by Crippen LogP contribution is 2.40. The van der Waals surface area contributed by atoms with E-state index in [0.717, 1.165) is 31.8 Å². The van der Waals surface area contributed by atoms with Gasteiger partial charge in [0.15, 0.2) is 5.78 Å². The highest BCUT2D eigenvalue weighted by molar-refractivity contribution is 6.30. The van der Waals surface area contributed by atoms with Crippen molar-refractivity contribution in [3.05, 3.63) is 28.8 Å². The van der Waals surface area contributed by atoms with Gasteiger partial charge in [-0.05, 0) is 37.0 Å². The second kappa shape index (κ2) is 6.68. The van der Waals surface area contributed by atoms with Crippen LogP contribution in [-0.4, -0.2) is 35.9 Å². The lowest BCUT2D eigenvalue weighted by Crippen LogP contribution is -2.51. The molecule has 4 rings (SSSR count). The van der Waals surface area contributed by atoms with Gasteiger partial charge in [0, 0.05) is 37.5 Å². The van der Waals surface area contributed by atoms with Crippen molar-refractivity contribution in [2.24, 2.45) is 5.92 Å². The van der Waals surface area contributed by atoms with Crippen molar-refractivity contribution in [2.45, 2.75) is 57.0 Å². The number of rotatable bonds is 2. The largest absolute Gasteiger partial charge is 0.486 e. The first-order chi connectivity index (χ1) is 11.6. The van der Waals surface area contributed by atoms with Crippen LogP contribution in [0, 0.1) is 5.92 Å². The van der Waals surface area contributed by atoms with E-state index in [4.69, 9.17) is 16.3 Å². The van der Waals surface area contributed by atoms with Crippen molar-refractivity contribution in [3.63, 3.8) is 0 Å². The number of Topliss-reactive ketones (excluding diaryl/α,β-unsaturated/α-hetero) is 1. The van der Waals surface area contributed by atoms with Crippen LogP contribution >= 0.6 is 11.6 Å². The first-order valence-corrected chi connectivity index (χ1v) is 9.75. The van der Waals surface area contributed by atoms with Crippen LogP contribution in [0.2, 0.25) is 5.02 Å². The van der Waals surface area contributed by atoms with E-state index in [1.165, 1.54) is 38.6 Å². The molecular weight excluding hydrogens is 322 g/mol. The van der Waals surface area contributed by atoms with Crippen LogP contribution in [0.15, 0.2) is 18.2 Å². The third-order valence-electron chi connectivity index (χ3n) is 6.06. The van der Waals surface area contributed by atoms with E-state index in [2.05, 4.69) is 4.90 Å². The molecule has 1 spiro atoms.